The van der Waals surface area contributed by atoms with E-state index in [1.807, 2.05) is 19.9 Å². The van der Waals surface area contributed by atoms with E-state index in [1.54, 1.807) is 61.6 Å². The van der Waals surface area contributed by atoms with Gasteiger partial charge in [-0.1, -0.05) is 61.3 Å². The van der Waals surface area contributed by atoms with E-state index in [0.29, 0.717) is 27.7 Å². The number of carbonyl (C=O) groups is 1. The number of aliphatic hydroxyl groups is 1. The number of anilines is 1. The summed E-state index contributed by atoms with van der Waals surface area (Å²) in [4.78, 5) is 16.1. The van der Waals surface area contributed by atoms with Crippen LogP contribution >= 0.6 is 23.2 Å². The molecular weight excluding hydrogens is 507 g/mol. The number of halogens is 2. The van der Waals surface area contributed by atoms with Crippen LogP contribution in [-0.4, -0.2) is 55.7 Å². The van der Waals surface area contributed by atoms with Gasteiger partial charge in [-0.2, -0.15) is 5.26 Å². The Morgan fingerprint density at radius 3 is 2.24 bits per heavy atom. The van der Waals surface area contributed by atoms with E-state index in [1.165, 1.54) is 0 Å². The van der Waals surface area contributed by atoms with Crippen molar-refractivity contribution in [1.29, 1.82) is 5.26 Å². The van der Waals surface area contributed by atoms with Crippen LogP contribution in [0.1, 0.15) is 41.4 Å². The Kier molecular flexibility index (Phi) is 12.8. The highest BCUT2D eigenvalue weighted by molar-refractivity contribution is 6.33. The Morgan fingerprint density at radius 1 is 1.08 bits per heavy atom. The van der Waals surface area contributed by atoms with Crippen LogP contribution in [0.5, 0.6) is 0 Å². The number of benzene rings is 2. The summed E-state index contributed by atoms with van der Waals surface area (Å²) in [7, 11) is 1.59. The van der Waals surface area contributed by atoms with Crippen molar-refractivity contribution in [2.24, 2.45) is 0 Å². The smallest absolute Gasteiger partial charge is 0.251 e. The molecule has 1 unspecified atom stereocenters. The highest BCUT2D eigenvalue weighted by Crippen LogP contribution is 2.28. The molecule has 3 aromatic carbocycles. The molecule has 0 bridgehead atoms. The number of nitriles is 1. The van der Waals surface area contributed by atoms with Crippen LogP contribution in [0.15, 0.2) is 60.7 Å². The van der Waals surface area contributed by atoms with E-state index < -0.39 is 6.10 Å². The molecule has 1 saturated heterocycles. The van der Waals surface area contributed by atoms with E-state index in [0.717, 1.165) is 37.4 Å². The van der Waals surface area contributed by atoms with E-state index >= 15 is 0 Å². The van der Waals surface area contributed by atoms with Crippen molar-refractivity contribution in [1.82, 2.24) is 10.2 Å². The van der Waals surface area contributed by atoms with Gasteiger partial charge in [-0.25, -0.2) is 0 Å². The van der Waals surface area contributed by atoms with Crippen molar-refractivity contribution >= 4 is 34.8 Å². The molecule has 1 heterocycles. The SMILES string of the molecule is CC.CNC(=O)c1ccc(N2CCN(CC(O)c3ccc(C#N)cc3)CC2)c(Cl)c1.Clc1cc#ccc1. The van der Waals surface area contributed by atoms with Crippen LogP contribution in [0.4, 0.5) is 5.69 Å². The zero-order chi connectivity index (χ0) is 27.2. The normalized spacial score (nSPS) is 13.5. The lowest BCUT2D eigenvalue weighted by Crippen LogP contribution is -2.47. The Hall–Kier alpha value is -3.26. The molecule has 1 atom stereocenters. The Balaban J connectivity index is 0.000000455. The molecule has 1 aliphatic rings. The second-order valence-electron chi connectivity index (χ2n) is 7.93. The number of hydrogen-bond donors (Lipinski definition) is 2. The molecule has 1 aliphatic heterocycles. The molecule has 1 amide bonds. The largest absolute Gasteiger partial charge is 0.387 e. The van der Waals surface area contributed by atoms with Crippen LogP contribution in [-0.2, 0) is 0 Å². The van der Waals surface area contributed by atoms with Gasteiger partial charge >= 0.3 is 0 Å². The molecule has 6 nitrogen and oxygen atoms in total. The number of aliphatic hydroxyl groups excluding tert-OH is 1. The topological polar surface area (TPSA) is 79.6 Å². The van der Waals surface area contributed by atoms with Crippen molar-refractivity contribution in [2.75, 3.05) is 44.7 Å². The Morgan fingerprint density at radius 2 is 1.76 bits per heavy atom. The monoisotopic (exact) mass is 538 g/mol. The van der Waals surface area contributed by atoms with Gasteiger partial charge < -0.3 is 15.3 Å². The molecule has 1 fully saturated rings. The van der Waals surface area contributed by atoms with Gasteiger partial charge in [0.15, 0.2) is 0 Å². The maximum atomic E-state index is 11.7. The number of carbonyl (C=O) groups excluding carboxylic acids is 1. The zero-order valence-electron chi connectivity index (χ0n) is 21.3. The van der Waals surface area contributed by atoms with Crippen LogP contribution in [0.3, 0.4) is 0 Å². The fraction of sp³-hybridized carbons (Fsp3) is 0.310. The van der Waals surface area contributed by atoms with Crippen LogP contribution in [0.2, 0.25) is 10.0 Å². The van der Waals surface area contributed by atoms with Crippen molar-refractivity contribution in [3.05, 3.63) is 99.5 Å². The summed E-state index contributed by atoms with van der Waals surface area (Å²) < 4.78 is 0. The quantitative estimate of drug-likeness (QED) is 0.455. The van der Waals surface area contributed by atoms with E-state index in [9.17, 15) is 9.90 Å². The zero-order valence-corrected chi connectivity index (χ0v) is 22.9. The molecule has 0 aromatic heterocycles. The van der Waals surface area contributed by atoms with Gasteiger partial charge in [0.25, 0.3) is 5.91 Å². The standard InChI is InChI=1S/C21H23ClN4O2.C6H3Cl.C2H6/c1-24-21(28)17-6-7-19(18(22)12-17)26-10-8-25(9-11-26)14-20(27)16-4-2-15(13-23)3-5-16;7-6-4-2-1-3-5-6;1-2/h2-7,12,20,27H,8-11,14H2,1H3,(H,24,28);2,4-5H;1-2H3. The van der Waals surface area contributed by atoms with Gasteiger partial charge in [0.05, 0.1) is 28.4 Å². The molecule has 0 spiro atoms. The van der Waals surface area contributed by atoms with Crippen molar-refractivity contribution in [3.8, 4) is 6.07 Å². The molecule has 3 aromatic rings. The molecule has 37 heavy (non-hydrogen) atoms. The number of β-amino-alcohol motifs (C(OH)–C–C–N with tert-alkyl or cyclic N) is 1. The molecule has 4 rings (SSSR count). The van der Waals surface area contributed by atoms with E-state index in [-0.39, 0.29) is 5.91 Å². The van der Waals surface area contributed by atoms with Gasteiger partial charge in [0.1, 0.15) is 0 Å². The summed E-state index contributed by atoms with van der Waals surface area (Å²) in [6.07, 6.45) is -0.588. The van der Waals surface area contributed by atoms with Crippen LogP contribution in [0.25, 0.3) is 0 Å². The van der Waals surface area contributed by atoms with Crippen LogP contribution < -0.4 is 10.2 Å². The average molecular weight is 540 g/mol. The number of rotatable bonds is 5. The Bertz CT molecular complexity index is 1140. The third-order valence-electron chi connectivity index (χ3n) is 5.62. The average Bonchev–Trinajstić information content (AvgIpc) is 2.95. The van der Waals surface area contributed by atoms with Crippen LogP contribution in [0, 0.1) is 23.5 Å². The minimum absolute atomic E-state index is 0.157. The minimum Gasteiger partial charge on any atom is -0.387 e. The first-order valence-corrected chi connectivity index (χ1v) is 12.9. The maximum absolute atomic E-state index is 11.7. The first-order valence-electron chi connectivity index (χ1n) is 12.1. The molecular formula is C29H32Cl2N4O2. The molecule has 2 N–H and O–H groups in total. The van der Waals surface area contributed by atoms with Crippen molar-refractivity contribution in [2.45, 2.75) is 20.0 Å². The molecule has 194 valence electrons. The van der Waals surface area contributed by atoms with E-state index in [4.69, 9.17) is 28.5 Å². The van der Waals surface area contributed by atoms with Crippen molar-refractivity contribution in [3.63, 3.8) is 0 Å². The molecule has 0 radical (unpaired) electrons. The van der Waals surface area contributed by atoms with Gasteiger partial charge in [-0.3, -0.25) is 9.69 Å². The third-order valence-corrected chi connectivity index (χ3v) is 6.16. The lowest BCUT2D eigenvalue weighted by molar-refractivity contribution is 0.0963. The minimum atomic E-state index is -0.588. The fourth-order valence-electron chi connectivity index (χ4n) is 3.68. The third kappa shape index (κ3) is 9.28. The summed E-state index contributed by atoms with van der Waals surface area (Å²) in [5.74, 6) is -0.157. The van der Waals surface area contributed by atoms with Gasteiger partial charge in [0, 0.05) is 56.4 Å². The number of amides is 1. The van der Waals surface area contributed by atoms with Gasteiger partial charge in [-0.15, -0.1) is 0 Å². The van der Waals surface area contributed by atoms with Gasteiger partial charge in [-0.05, 0) is 48.0 Å². The van der Waals surface area contributed by atoms with Gasteiger partial charge in [0.2, 0.25) is 0 Å². The number of nitrogens with one attached hydrogen (secondary N) is 1. The first-order chi connectivity index (χ1) is 17.9. The fourth-order valence-corrected chi connectivity index (χ4v) is 4.10. The predicted octanol–water partition coefficient (Wildman–Crippen LogP) is 5.39. The summed E-state index contributed by atoms with van der Waals surface area (Å²) in [6, 6.07) is 25.1. The van der Waals surface area contributed by atoms with Crippen molar-refractivity contribution < 1.29 is 9.90 Å². The number of piperazine rings is 1. The lowest BCUT2D eigenvalue weighted by Gasteiger charge is -2.37. The number of nitrogens with zero attached hydrogens (tertiary/aromatic N) is 3. The predicted molar refractivity (Wildman–Crippen MR) is 150 cm³/mol. The first kappa shape index (κ1) is 30.0. The summed E-state index contributed by atoms with van der Waals surface area (Å²) in [5.41, 5.74) is 2.86. The second-order valence-corrected chi connectivity index (χ2v) is 8.78. The Labute approximate surface area is 230 Å². The summed E-state index contributed by atoms with van der Waals surface area (Å²) in [6.45, 7) is 7.74. The highest BCUT2D eigenvalue weighted by Gasteiger charge is 2.22. The second kappa shape index (κ2) is 15.8. The molecule has 8 heteroatoms. The number of hydrogen-bond acceptors (Lipinski definition) is 5. The van der Waals surface area contributed by atoms with E-state index in [2.05, 4.69) is 33.3 Å². The summed E-state index contributed by atoms with van der Waals surface area (Å²) >= 11 is 11.9. The lowest BCUT2D eigenvalue weighted by atomic mass is 10.1. The summed E-state index contributed by atoms with van der Waals surface area (Å²) in [5, 5.41) is 23.2. The molecule has 0 aliphatic carbocycles. The highest BCUT2D eigenvalue weighted by atomic mass is 35.5. The maximum Gasteiger partial charge on any atom is 0.251 e. The molecule has 0 saturated carbocycles.